The smallest absolute Gasteiger partial charge is 0.320 e. The average molecular weight is 364 g/mol. The summed E-state index contributed by atoms with van der Waals surface area (Å²) in [6.07, 6.45) is 0.223. The molecule has 1 unspecified atom stereocenters. The van der Waals surface area contributed by atoms with E-state index in [-0.39, 0.29) is 13.0 Å². The number of hydrogen-bond acceptors (Lipinski definition) is 4. The van der Waals surface area contributed by atoms with Gasteiger partial charge in [0, 0.05) is 6.07 Å². The summed E-state index contributed by atoms with van der Waals surface area (Å²) in [6, 6.07) is 13.0. The molecule has 0 spiro atoms. The van der Waals surface area contributed by atoms with E-state index in [0.717, 1.165) is 11.1 Å². The van der Waals surface area contributed by atoms with Crippen LogP contribution < -0.4 is 14.8 Å². The minimum atomic E-state index is -2.21. The number of anilines is 1. The van der Waals surface area contributed by atoms with Gasteiger partial charge in [-0.1, -0.05) is 30.3 Å². The Kier molecular flexibility index (Phi) is 6.51. The van der Waals surface area contributed by atoms with Crippen molar-refractivity contribution in [1.29, 1.82) is 0 Å². The van der Waals surface area contributed by atoms with Gasteiger partial charge < -0.3 is 15.6 Å². The van der Waals surface area contributed by atoms with Gasteiger partial charge in [0.2, 0.25) is 0 Å². The number of carboxylic acids is 1. The van der Waals surface area contributed by atoms with Crippen LogP contribution in [0.4, 0.5) is 5.69 Å². The molecule has 0 amide bonds. The van der Waals surface area contributed by atoms with Crippen LogP contribution in [0, 0.1) is 0 Å². The maximum atomic E-state index is 11.7. The van der Waals surface area contributed by atoms with Crippen LogP contribution in [0.5, 0.6) is 5.75 Å². The average Bonchev–Trinajstić information content (AvgIpc) is 2.60. The molecule has 2 atom stereocenters. The molecule has 134 valence electrons. The maximum absolute atomic E-state index is 11.7. The first kappa shape index (κ1) is 18.9. The van der Waals surface area contributed by atoms with Crippen LogP contribution in [-0.2, 0) is 29.0 Å². The summed E-state index contributed by atoms with van der Waals surface area (Å²) in [5.74, 6) is -0.463. The molecule has 2 aromatic rings. The Morgan fingerprint density at radius 3 is 2.44 bits per heavy atom. The fraction of sp³-hybridized carbons (Fsp3) is 0.235. The van der Waals surface area contributed by atoms with E-state index in [4.69, 9.17) is 15.6 Å². The van der Waals surface area contributed by atoms with Crippen LogP contribution in [0.1, 0.15) is 11.1 Å². The first-order valence-corrected chi connectivity index (χ1v) is 8.56. The Balaban J connectivity index is 2.14. The summed E-state index contributed by atoms with van der Waals surface area (Å²) in [4.78, 5) is 10.8. The van der Waals surface area contributed by atoms with Crippen molar-refractivity contribution < 1.29 is 23.4 Å². The Hall–Kier alpha value is -2.42. The number of rotatable bonds is 8. The van der Waals surface area contributed by atoms with Crippen molar-refractivity contribution >= 4 is 22.9 Å². The molecule has 0 saturated carbocycles. The minimum Gasteiger partial charge on any atom is -0.497 e. The number of carbonyl (C=O) groups is 1. The van der Waals surface area contributed by atoms with E-state index in [1.165, 1.54) is 11.4 Å². The molecule has 2 aromatic carbocycles. The van der Waals surface area contributed by atoms with Gasteiger partial charge in [-0.25, -0.2) is 4.21 Å². The molecule has 0 aliphatic carbocycles. The highest BCUT2D eigenvalue weighted by Crippen LogP contribution is 2.24. The minimum absolute atomic E-state index is 0.210. The summed E-state index contributed by atoms with van der Waals surface area (Å²) in [7, 11) is 1.53. The second-order valence-electron chi connectivity index (χ2n) is 5.43. The molecule has 0 heterocycles. The van der Waals surface area contributed by atoms with E-state index >= 15 is 0 Å². The summed E-state index contributed by atoms with van der Waals surface area (Å²) in [5.41, 5.74) is 7.66. The van der Waals surface area contributed by atoms with Gasteiger partial charge in [0.15, 0.2) is 0 Å². The third kappa shape index (κ3) is 5.28. The standard InChI is InChI=1S/C17H20N2O5S/c1-24-15-4-2-3-14(10-15)19(25(22)23)11-13-7-5-12(6-8-13)9-16(18)17(20)21/h2-8,10,16H,9,11,18H2,1H3,(H,20,21)(H,22,23)/t16-/m0/s1. The molecule has 0 aliphatic rings. The van der Waals surface area contributed by atoms with Gasteiger partial charge in [0.25, 0.3) is 11.3 Å². The third-order valence-corrected chi connectivity index (χ3v) is 4.37. The molecule has 0 saturated heterocycles. The van der Waals surface area contributed by atoms with Crippen LogP contribution in [-0.4, -0.2) is 33.0 Å². The maximum Gasteiger partial charge on any atom is 0.320 e. The summed E-state index contributed by atoms with van der Waals surface area (Å²) in [6.45, 7) is 0.210. The summed E-state index contributed by atoms with van der Waals surface area (Å²) >= 11 is -2.21. The quantitative estimate of drug-likeness (QED) is 0.616. The van der Waals surface area contributed by atoms with Crippen LogP contribution in [0.3, 0.4) is 0 Å². The molecule has 0 aromatic heterocycles. The number of aliphatic carboxylic acids is 1. The lowest BCUT2D eigenvalue weighted by molar-refractivity contribution is -0.138. The van der Waals surface area contributed by atoms with Gasteiger partial charge in [-0.3, -0.25) is 13.7 Å². The Morgan fingerprint density at radius 1 is 1.24 bits per heavy atom. The highest BCUT2D eigenvalue weighted by molar-refractivity contribution is 7.80. The van der Waals surface area contributed by atoms with Gasteiger partial charge in [-0.05, 0) is 29.7 Å². The summed E-state index contributed by atoms with van der Waals surface area (Å²) in [5, 5.41) is 8.84. The van der Waals surface area contributed by atoms with Gasteiger partial charge in [-0.15, -0.1) is 0 Å². The zero-order valence-electron chi connectivity index (χ0n) is 13.7. The van der Waals surface area contributed by atoms with Crippen LogP contribution in [0.15, 0.2) is 48.5 Å². The molecule has 0 fully saturated rings. The SMILES string of the molecule is COc1cccc(N(Cc2ccc(C[C@H](N)C(=O)O)cc2)S(=O)O)c1. The van der Waals surface area contributed by atoms with Crippen LogP contribution >= 0.6 is 0 Å². The molecule has 25 heavy (non-hydrogen) atoms. The number of carboxylic acid groups (broad SMARTS) is 1. The third-order valence-electron chi connectivity index (χ3n) is 3.65. The number of methoxy groups -OCH3 is 1. The second kappa shape index (κ2) is 8.61. The fourth-order valence-corrected chi connectivity index (χ4v) is 2.84. The Morgan fingerprint density at radius 2 is 1.88 bits per heavy atom. The summed E-state index contributed by atoms with van der Waals surface area (Å²) < 4.78 is 27.8. The fourth-order valence-electron chi connectivity index (χ4n) is 2.29. The molecule has 2 rings (SSSR count). The molecular formula is C17H20N2O5S. The Bertz CT molecular complexity index is 751. The Labute approximate surface area is 148 Å². The number of nitrogens with zero attached hydrogens (tertiary/aromatic N) is 1. The molecule has 0 radical (unpaired) electrons. The van der Waals surface area contributed by atoms with Crippen molar-refractivity contribution in [2.75, 3.05) is 11.4 Å². The van der Waals surface area contributed by atoms with Gasteiger partial charge in [-0.2, -0.15) is 0 Å². The van der Waals surface area contributed by atoms with Crippen molar-refractivity contribution in [3.8, 4) is 5.75 Å². The van der Waals surface area contributed by atoms with E-state index in [1.807, 2.05) is 0 Å². The molecule has 4 N–H and O–H groups in total. The topological polar surface area (TPSA) is 113 Å². The lowest BCUT2D eigenvalue weighted by Gasteiger charge is -2.20. The predicted molar refractivity (Wildman–Crippen MR) is 95.7 cm³/mol. The lowest BCUT2D eigenvalue weighted by atomic mass is 10.0. The first-order valence-electron chi connectivity index (χ1n) is 7.49. The van der Waals surface area contributed by atoms with E-state index in [1.54, 1.807) is 48.5 Å². The van der Waals surface area contributed by atoms with E-state index in [2.05, 4.69) is 0 Å². The van der Waals surface area contributed by atoms with Crippen molar-refractivity contribution in [1.82, 2.24) is 0 Å². The largest absolute Gasteiger partial charge is 0.497 e. The van der Waals surface area contributed by atoms with Crippen molar-refractivity contribution in [2.45, 2.75) is 19.0 Å². The van der Waals surface area contributed by atoms with E-state index in [0.29, 0.717) is 11.4 Å². The lowest BCUT2D eigenvalue weighted by Crippen LogP contribution is -2.32. The molecule has 0 aliphatic heterocycles. The normalized spacial score (nSPS) is 13.1. The number of nitrogens with two attached hydrogens (primary N) is 1. The van der Waals surface area contributed by atoms with E-state index in [9.17, 15) is 13.6 Å². The molecule has 8 heteroatoms. The van der Waals surface area contributed by atoms with E-state index < -0.39 is 23.3 Å². The van der Waals surface area contributed by atoms with Gasteiger partial charge in [0.1, 0.15) is 11.8 Å². The number of ether oxygens (including phenoxy) is 1. The molecular weight excluding hydrogens is 344 g/mol. The monoisotopic (exact) mass is 364 g/mol. The predicted octanol–water partition coefficient (Wildman–Crippen LogP) is 1.79. The second-order valence-corrected chi connectivity index (χ2v) is 6.34. The highest BCUT2D eigenvalue weighted by atomic mass is 32.2. The number of hydrogen-bond donors (Lipinski definition) is 3. The number of benzene rings is 2. The van der Waals surface area contributed by atoms with Crippen molar-refractivity contribution in [2.24, 2.45) is 5.73 Å². The van der Waals surface area contributed by atoms with Gasteiger partial charge >= 0.3 is 5.97 Å². The van der Waals surface area contributed by atoms with Crippen molar-refractivity contribution in [3.63, 3.8) is 0 Å². The zero-order valence-corrected chi connectivity index (χ0v) is 14.5. The van der Waals surface area contributed by atoms with Crippen molar-refractivity contribution in [3.05, 3.63) is 59.7 Å². The highest BCUT2D eigenvalue weighted by Gasteiger charge is 2.15. The molecule has 7 nitrogen and oxygen atoms in total. The van der Waals surface area contributed by atoms with Crippen LogP contribution in [0.2, 0.25) is 0 Å². The van der Waals surface area contributed by atoms with Gasteiger partial charge in [0.05, 0.1) is 19.3 Å². The zero-order chi connectivity index (χ0) is 18.4. The molecule has 0 bridgehead atoms. The van der Waals surface area contributed by atoms with Crippen LogP contribution in [0.25, 0.3) is 0 Å². The first-order chi connectivity index (χ1) is 11.9.